The molecule has 1 aliphatic heterocycles. The number of halogens is 3. The van der Waals surface area contributed by atoms with E-state index in [0.717, 1.165) is 24.5 Å². The average molecular weight is 334 g/mol. The highest BCUT2D eigenvalue weighted by molar-refractivity contribution is 5.98. The van der Waals surface area contributed by atoms with Gasteiger partial charge in [0.2, 0.25) is 0 Å². The molecule has 126 valence electrons. The van der Waals surface area contributed by atoms with Gasteiger partial charge in [-0.1, -0.05) is 24.3 Å². The van der Waals surface area contributed by atoms with Crippen LogP contribution in [0.2, 0.25) is 0 Å². The largest absolute Gasteiger partial charge is 0.433 e. The summed E-state index contributed by atoms with van der Waals surface area (Å²) >= 11 is 0. The molecule has 0 bridgehead atoms. The summed E-state index contributed by atoms with van der Waals surface area (Å²) in [6.07, 6.45) is -2.87. The Balaban J connectivity index is 2.05. The Morgan fingerprint density at radius 1 is 1.12 bits per heavy atom. The summed E-state index contributed by atoms with van der Waals surface area (Å²) in [5, 5.41) is 0. The summed E-state index contributed by atoms with van der Waals surface area (Å²) in [4.78, 5) is 17.4. The first-order valence-corrected chi connectivity index (χ1v) is 7.77. The number of hydrogen-bond acceptors (Lipinski definition) is 3. The van der Waals surface area contributed by atoms with Gasteiger partial charge >= 0.3 is 6.18 Å². The lowest BCUT2D eigenvalue weighted by atomic mass is 10.0. The number of carbonyl (C=O) groups excluding carboxylic acids is 1. The predicted molar refractivity (Wildman–Crippen MR) is 85.1 cm³/mol. The van der Waals surface area contributed by atoms with Gasteiger partial charge < -0.3 is 4.90 Å². The Morgan fingerprint density at radius 2 is 1.83 bits per heavy atom. The molecular weight excluding hydrogens is 317 g/mol. The maximum absolute atomic E-state index is 13.0. The molecule has 2 aromatic rings. The molecule has 1 aromatic heterocycles. The number of hydrogen-bond donors (Lipinski definition) is 0. The number of benzene rings is 1. The molecule has 0 spiro atoms. The van der Waals surface area contributed by atoms with Gasteiger partial charge in [-0.3, -0.25) is 4.79 Å². The summed E-state index contributed by atoms with van der Waals surface area (Å²) < 4.78 is 39.1. The van der Waals surface area contributed by atoms with Crippen LogP contribution in [-0.2, 0) is 19.1 Å². The summed E-state index contributed by atoms with van der Waals surface area (Å²) in [6.45, 7) is 2.35. The van der Waals surface area contributed by atoms with Gasteiger partial charge in [0.1, 0.15) is 11.5 Å². The molecular formula is C18H17F3N2O. The standard InChI is InChI=1S/C18H17F3N2O/c1-12(24)15-8-9-16(18(19,20)21)22-17(15)23-10-4-7-13-5-2-3-6-14(13)11-23/h2-3,5-6,8-9H,4,7,10-11H2,1H3. The van der Waals surface area contributed by atoms with E-state index in [1.54, 1.807) is 4.90 Å². The number of aromatic nitrogens is 1. The van der Waals surface area contributed by atoms with Crippen LogP contribution in [0.5, 0.6) is 0 Å². The van der Waals surface area contributed by atoms with Crippen molar-refractivity contribution < 1.29 is 18.0 Å². The zero-order valence-electron chi connectivity index (χ0n) is 13.2. The van der Waals surface area contributed by atoms with Crippen LogP contribution in [0.15, 0.2) is 36.4 Å². The van der Waals surface area contributed by atoms with Gasteiger partial charge in [-0.2, -0.15) is 13.2 Å². The van der Waals surface area contributed by atoms with Gasteiger partial charge in [0, 0.05) is 13.1 Å². The van der Waals surface area contributed by atoms with E-state index in [4.69, 9.17) is 0 Å². The summed E-state index contributed by atoms with van der Waals surface area (Å²) in [5.74, 6) is -0.169. The third-order valence-corrected chi connectivity index (χ3v) is 4.20. The molecule has 1 aromatic carbocycles. The fourth-order valence-electron chi connectivity index (χ4n) is 3.00. The number of Topliss-reactive ketones (excluding diaryl/α,β-unsaturated/α-hetero) is 1. The van der Waals surface area contributed by atoms with Crippen molar-refractivity contribution in [2.24, 2.45) is 0 Å². The predicted octanol–water partition coefficient (Wildman–Crippen LogP) is 4.26. The van der Waals surface area contributed by atoms with Crippen molar-refractivity contribution in [1.82, 2.24) is 4.98 Å². The van der Waals surface area contributed by atoms with Crippen molar-refractivity contribution in [1.29, 1.82) is 0 Å². The van der Waals surface area contributed by atoms with Gasteiger partial charge in [0.15, 0.2) is 5.78 Å². The molecule has 3 nitrogen and oxygen atoms in total. The molecule has 6 heteroatoms. The summed E-state index contributed by atoms with van der Waals surface area (Å²) in [5.41, 5.74) is 1.50. The maximum atomic E-state index is 13.0. The van der Waals surface area contributed by atoms with Gasteiger partial charge in [-0.15, -0.1) is 0 Å². The summed E-state index contributed by atoms with van der Waals surface area (Å²) in [6, 6.07) is 9.96. The number of rotatable bonds is 2. The highest BCUT2D eigenvalue weighted by atomic mass is 19.4. The zero-order valence-corrected chi connectivity index (χ0v) is 13.2. The zero-order chi connectivity index (χ0) is 17.3. The van der Waals surface area contributed by atoms with E-state index in [2.05, 4.69) is 4.98 Å². The monoisotopic (exact) mass is 334 g/mol. The first-order chi connectivity index (χ1) is 11.4. The molecule has 2 heterocycles. The fraction of sp³-hybridized carbons (Fsp3) is 0.333. The highest BCUT2D eigenvalue weighted by Crippen LogP contribution is 2.32. The number of aryl methyl sites for hydroxylation is 1. The van der Waals surface area contributed by atoms with E-state index in [0.29, 0.717) is 13.1 Å². The van der Waals surface area contributed by atoms with Crippen LogP contribution >= 0.6 is 0 Å². The number of carbonyl (C=O) groups is 1. The van der Waals surface area contributed by atoms with E-state index >= 15 is 0 Å². The number of ketones is 1. The number of alkyl halides is 3. The van der Waals surface area contributed by atoms with Crippen molar-refractivity contribution >= 4 is 11.6 Å². The normalized spacial score (nSPS) is 14.9. The first kappa shape index (κ1) is 16.5. The SMILES string of the molecule is CC(=O)c1ccc(C(F)(F)F)nc1N1CCCc2ccccc2C1. The Kier molecular flexibility index (Phi) is 4.30. The second kappa shape index (κ2) is 6.26. The van der Waals surface area contributed by atoms with Gasteiger partial charge in [0.05, 0.1) is 5.56 Å². The van der Waals surface area contributed by atoms with Crippen LogP contribution in [0.3, 0.4) is 0 Å². The van der Waals surface area contributed by atoms with E-state index in [9.17, 15) is 18.0 Å². The molecule has 0 unspecified atom stereocenters. The van der Waals surface area contributed by atoms with Crippen molar-refractivity contribution in [3.8, 4) is 0 Å². The third kappa shape index (κ3) is 3.27. The smallest absolute Gasteiger partial charge is 0.352 e. The molecule has 1 aliphatic rings. The molecule has 0 fully saturated rings. The van der Waals surface area contributed by atoms with Crippen LogP contribution in [0.25, 0.3) is 0 Å². The molecule has 0 radical (unpaired) electrons. The molecule has 0 saturated heterocycles. The van der Waals surface area contributed by atoms with E-state index < -0.39 is 11.9 Å². The Hall–Kier alpha value is -2.37. The molecule has 3 rings (SSSR count). The minimum atomic E-state index is -4.53. The van der Waals surface area contributed by atoms with Crippen molar-refractivity contribution in [2.75, 3.05) is 11.4 Å². The first-order valence-electron chi connectivity index (χ1n) is 7.77. The van der Waals surface area contributed by atoms with Crippen LogP contribution in [0, 0.1) is 0 Å². The van der Waals surface area contributed by atoms with Gasteiger partial charge in [-0.05, 0) is 43.0 Å². The third-order valence-electron chi connectivity index (χ3n) is 4.20. The number of anilines is 1. The van der Waals surface area contributed by atoms with Crippen LogP contribution < -0.4 is 4.90 Å². The Bertz CT molecular complexity index is 771. The quantitative estimate of drug-likeness (QED) is 0.770. The topological polar surface area (TPSA) is 33.2 Å². The number of pyridine rings is 1. The molecule has 0 amide bonds. The van der Waals surface area contributed by atoms with Crippen molar-refractivity contribution in [3.05, 3.63) is 58.8 Å². The Labute approximate surface area is 138 Å². The lowest BCUT2D eigenvalue weighted by molar-refractivity contribution is -0.141. The van der Waals surface area contributed by atoms with Crippen LogP contribution in [-0.4, -0.2) is 17.3 Å². The minimum Gasteiger partial charge on any atom is -0.352 e. The molecule has 0 atom stereocenters. The van der Waals surface area contributed by atoms with E-state index in [1.807, 2.05) is 24.3 Å². The number of fused-ring (bicyclic) bond motifs is 1. The Morgan fingerprint density at radius 3 is 2.50 bits per heavy atom. The van der Waals surface area contributed by atoms with Gasteiger partial charge in [0.25, 0.3) is 0 Å². The lowest BCUT2D eigenvalue weighted by Crippen LogP contribution is -2.26. The second-order valence-corrected chi connectivity index (χ2v) is 5.92. The maximum Gasteiger partial charge on any atom is 0.433 e. The van der Waals surface area contributed by atoms with E-state index in [-0.39, 0.29) is 17.2 Å². The van der Waals surface area contributed by atoms with Crippen molar-refractivity contribution in [2.45, 2.75) is 32.5 Å². The highest BCUT2D eigenvalue weighted by Gasteiger charge is 2.34. The van der Waals surface area contributed by atoms with E-state index in [1.165, 1.54) is 18.6 Å². The molecule has 0 aliphatic carbocycles. The lowest BCUT2D eigenvalue weighted by Gasteiger charge is -2.25. The average Bonchev–Trinajstić information content (AvgIpc) is 2.75. The second-order valence-electron chi connectivity index (χ2n) is 5.92. The van der Waals surface area contributed by atoms with Gasteiger partial charge in [-0.25, -0.2) is 4.98 Å². The van der Waals surface area contributed by atoms with Crippen LogP contribution in [0.4, 0.5) is 19.0 Å². The molecule has 24 heavy (non-hydrogen) atoms. The van der Waals surface area contributed by atoms with Crippen molar-refractivity contribution in [3.63, 3.8) is 0 Å². The molecule has 0 saturated carbocycles. The minimum absolute atomic E-state index is 0.119. The fourth-order valence-corrected chi connectivity index (χ4v) is 3.00. The number of nitrogens with zero attached hydrogens (tertiary/aromatic N) is 2. The summed E-state index contributed by atoms with van der Waals surface area (Å²) in [7, 11) is 0. The van der Waals surface area contributed by atoms with Crippen LogP contribution in [0.1, 0.15) is 40.5 Å². The molecule has 0 N–H and O–H groups in total.